The molecule has 0 fully saturated rings. The fraction of sp³-hybridized carbons (Fsp3) is 0.625. The van der Waals surface area contributed by atoms with E-state index in [1.165, 1.54) is 14.0 Å². The third kappa shape index (κ3) is 5.26. The van der Waals surface area contributed by atoms with Crippen molar-refractivity contribution in [1.82, 2.24) is 10.6 Å². The van der Waals surface area contributed by atoms with E-state index in [1.807, 2.05) is 0 Å². The minimum absolute atomic E-state index is 0.507. The van der Waals surface area contributed by atoms with Gasteiger partial charge in [-0.1, -0.05) is 0 Å². The highest BCUT2D eigenvalue weighted by molar-refractivity contribution is 8.01. The average Bonchev–Trinajstić information content (AvgIpc) is 2.16. The van der Waals surface area contributed by atoms with Crippen LogP contribution in [0.25, 0.3) is 0 Å². The molecule has 0 rings (SSSR count). The van der Waals surface area contributed by atoms with Crippen LogP contribution in [0, 0.1) is 0 Å². The zero-order valence-corrected chi connectivity index (χ0v) is 9.55. The minimum atomic E-state index is -0.986. The van der Waals surface area contributed by atoms with Crippen molar-refractivity contribution < 1.29 is 19.5 Å². The number of hydrogen-bond acceptors (Lipinski definition) is 4. The van der Waals surface area contributed by atoms with Gasteiger partial charge in [0.15, 0.2) is 0 Å². The van der Waals surface area contributed by atoms with Crippen LogP contribution >= 0.6 is 11.8 Å². The van der Waals surface area contributed by atoms with Gasteiger partial charge in [-0.15, -0.1) is 11.8 Å². The molecule has 15 heavy (non-hydrogen) atoms. The first kappa shape index (κ1) is 13.8. The number of carboxylic acid groups (broad SMARTS) is 1. The van der Waals surface area contributed by atoms with E-state index < -0.39 is 28.4 Å². The number of aliphatic carboxylic acids is 1. The lowest BCUT2D eigenvalue weighted by Gasteiger charge is -2.13. The number of imide groups is 1. The Hall–Kier alpha value is -1.24. The van der Waals surface area contributed by atoms with Crippen LogP contribution in [0.2, 0.25) is 0 Å². The summed E-state index contributed by atoms with van der Waals surface area (Å²) in [6.07, 6.45) is 0. The van der Waals surface area contributed by atoms with Gasteiger partial charge in [-0.05, 0) is 13.8 Å². The van der Waals surface area contributed by atoms with Crippen molar-refractivity contribution >= 4 is 29.7 Å². The summed E-state index contributed by atoms with van der Waals surface area (Å²) in [4.78, 5) is 32.6. The molecule has 0 spiro atoms. The standard InChI is InChI=1S/C8H14N2O4S/c1-4(15-5(2)7(12)13)6(11)10-8(14)9-3/h4-5H,1-3H3,(H,12,13)(H2,9,10,11,14). The van der Waals surface area contributed by atoms with E-state index in [0.717, 1.165) is 11.8 Å². The fourth-order valence-corrected chi connectivity index (χ4v) is 1.61. The highest BCUT2D eigenvalue weighted by Gasteiger charge is 2.21. The number of rotatable bonds is 4. The number of thioether (sulfide) groups is 1. The predicted octanol–water partition coefficient (Wildman–Crippen LogP) is 0.0368. The maximum Gasteiger partial charge on any atom is 0.321 e. The summed E-state index contributed by atoms with van der Waals surface area (Å²) in [5.74, 6) is -1.49. The molecule has 86 valence electrons. The Bertz CT molecular complexity index is 269. The molecular formula is C8H14N2O4S. The van der Waals surface area contributed by atoms with E-state index in [9.17, 15) is 14.4 Å². The Labute approximate surface area is 91.8 Å². The van der Waals surface area contributed by atoms with Gasteiger partial charge in [-0.3, -0.25) is 14.9 Å². The molecule has 3 amide bonds. The van der Waals surface area contributed by atoms with Gasteiger partial charge in [0.1, 0.15) is 5.25 Å². The van der Waals surface area contributed by atoms with Gasteiger partial charge in [-0.25, -0.2) is 4.79 Å². The summed E-state index contributed by atoms with van der Waals surface area (Å²) in [5.41, 5.74) is 0. The summed E-state index contributed by atoms with van der Waals surface area (Å²) in [6, 6.07) is -0.601. The Morgan fingerprint density at radius 2 is 1.73 bits per heavy atom. The van der Waals surface area contributed by atoms with Gasteiger partial charge in [-0.2, -0.15) is 0 Å². The second-order valence-corrected chi connectivity index (χ2v) is 4.51. The molecule has 0 aliphatic carbocycles. The van der Waals surface area contributed by atoms with E-state index in [4.69, 9.17) is 5.11 Å². The van der Waals surface area contributed by atoms with Crippen LogP contribution in [-0.4, -0.2) is 40.6 Å². The number of hydrogen-bond donors (Lipinski definition) is 3. The molecule has 0 saturated heterocycles. The van der Waals surface area contributed by atoms with Crippen LogP contribution < -0.4 is 10.6 Å². The van der Waals surface area contributed by atoms with Crippen LogP contribution in [0.3, 0.4) is 0 Å². The van der Waals surface area contributed by atoms with E-state index in [0.29, 0.717) is 0 Å². The van der Waals surface area contributed by atoms with Crippen molar-refractivity contribution in [3.8, 4) is 0 Å². The summed E-state index contributed by atoms with van der Waals surface area (Å²) >= 11 is 0.977. The first-order valence-electron chi connectivity index (χ1n) is 4.29. The topological polar surface area (TPSA) is 95.5 Å². The lowest BCUT2D eigenvalue weighted by atomic mass is 10.4. The van der Waals surface area contributed by atoms with Gasteiger partial charge in [0.25, 0.3) is 0 Å². The molecule has 0 saturated carbocycles. The maximum absolute atomic E-state index is 11.3. The lowest BCUT2D eigenvalue weighted by molar-refractivity contribution is -0.136. The molecule has 2 unspecified atom stereocenters. The Kier molecular flexibility index (Phi) is 5.76. The van der Waals surface area contributed by atoms with Crippen molar-refractivity contribution in [1.29, 1.82) is 0 Å². The van der Waals surface area contributed by atoms with Crippen LogP contribution in [0.4, 0.5) is 4.79 Å². The van der Waals surface area contributed by atoms with E-state index in [1.54, 1.807) is 6.92 Å². The first-order chi connectivity index (χ1) is 6.88. The second kappa shape index (κ2) is 6.28. The molecule has 6 nitrogen and oxygen atoms in total. The molecule has 0 radical (unpaired) electrons. The van der Waals surface area contributed by atoms with E-state index in [-0.39, 0.29) is 0 Å². The number of carbonyl (C=O) groups is 3. The molecule has 0 aromatic heterocycles. The van der Waals surface area contributed by atoms with E-state index in [2.05, 4.69) is 10.6 Å². The smallest absolute Gasteiger partial charge is 0.321 e. The summed E-state index contributed by atoms with van der Waals surface area (Å²) in [5, 5.41) is 11.6. The van der Waals surface area contributed by atoms with Crippen molar-refractivity contribution in [3.63, 3.8) is 0 Å². The largest absolute Gasteiger partial charge is 0.480 e. The van der Waals surface area contributed by atoms with Gasteiger partial charge in [0.2, 0.25) is 5.91 Å². The molecule has 0 aliphatic heterocycles. The molecule has 2 atom stereocenters. The van der Waals surface area contributed by atoms with Gasteiger partial charge < -0.3 is 10.4 Å². The van der Waals surface area contributed by atoms with Gasteiger partial charge in [0.05, 0.1) is 5.25 Å². The predicted molar refractivity (Wildman–Crippen MR) is 56.7 cm³/mol. The average molecular weight is 234 g/mol. The quantitative estimate of drug-likeness (QED) is 0.638. The molecule has 0 aromatic carbocycles. The van der Waals surface area contributed by atoms with Gasteiger partial charge in [0, 0.05) is 7.05 Å². The second-order valence-electron chi connectivity index (χ2n) is 2.83. The molecule has 7 heteroatoms. The van der Waals surface area contributed by atoms with Crippen molar-refractivity contribution in [2.75, 3.05) is 7.05 Å². The number of carboxylic acids is 1. The fourth-order valence-electron chi connectivity index (χ4n) is 0.702. The van der Waals surface area contributed by atoms with Crippen LogP contribution in [0.15, 0.2) is 0 Å². The zero-order chi connectivity index (χ0) is 12.0. The van der Waals surface area contributed by atoms with Crippen molar-refractivity contribution in [2.24, 2.45) is 0 Å². The SMILES string of the molecule is CNC(=O)NC(=O)C(C)SC(C)C(=O)O. The Balaban J connectivity index is 4.10. The molecular weight excluding hydrogens is 220 g/mol. The number of urea groups is 1. The Morgan fingerprint density at radius 1 is 1.20 bits per heavy atom. The third-order valence-electron chi connectivity index (χ3n) is 1.59. The summed E-state index contributed by atoms with van der Waals surface area (Å²) < 4.78 is 0. The van der Waals surface area contributed by atoms with Crippen molar-refractivity contribution in [3.05, 3.63) is 0 Å². The molecule has 0 aliphatic rings. The lowest BCUT2D eigenvalue weighted by Crippen LogP contribution is -2.41. The summed E-state index contributed by atoms with van der Waals surface area (Å²) in [6.45, 7) is 3.03. The maximum atomic E-state index is 11.3. The highest BCUT2D eigenvalue weighted by Crippen LogP contribution is 2.17. The minimum Gasteiger partial charge on any atom is -0.480 e. The monoisotopic (exact) mass is 234 g/mol. The number of carbonyl (C=O) groups excluding carboxylic acids is 2. The number of amides is 3. The van der Waals surface area contributed by atoms with Crippen LogP contribution in [0.5, 0.6) is 0 Å². The summed E-state index contributed by atoms with van der Waals surface area (Å²) in [7, 11) is 1.39. The first-order valence-corrected chi connectivity index (χ1v) is 5.23. The van der Waals surface area contributed by atoms with Crippen LogP contribution in [0.1, 0.15) is 13.8 Å². The van der Waals surface area contributed by atoms with Gasteiger partial charge >= 0.3 is 12.0 Å². The Morgan fingerprint density at radius 3 is 2.13 bits per heavy atom. The van der Waals surface area contributed by atoms with Crippen molar-refractivity contribution in [2.45, 2.75) is 24.3 Å². The number of nitrogens with one attached hydrogen (secondary N) is 2. The molecule has 0 bridgehead atoms. The molecule has 0 aromatic rings. The normalized spacial score (nSPS) is 13.8. The molecule has 0 heterocycles. The van der Waals surface area contributed by atoms with E-state index >= 15 is 0 Å². The third-order valence-corrected chi connectivity index (χ3v) is 2.82. The zero-order valence-electron chi connectivity index (χ0n) is 8.73. The van der Waals surface area contributed by atoms with Crippen LogP contribution in [-0.2, 0) is 9.59 Å². The highest BCUT2D eigenvalue weighted by atomic mass is 32.2. The molecule has 3 N–H and O–H groups in total.